The molecule has 0 saturated carbocycles. The van der Waals surface area contributed by atoms with E-state index in [9.17, 15) is 0 Å². The molecule has 0 bridgehead atoms. The highest BCUT2D eigenvalue weighted by Gasteiger charge is 2.21. The van der Waals surface area contributed by atoms with Crippen LogP contribution in [-0.2, 0) is 0 Å². The van der Waals surface area contributed by atoms with E-state index in [0.29, 0.717) is 5.82 Å². The number of aromatic nitrogens is 3. The van der Waals surface area contributed by atoms with Crippen LogP contribution in [-0.4, -0.2) is 15.0 Å². The van der Waals surface area contributed by atoms with Crippen LogP contribution in [0.1, 0.15) is 0 Å². The topological polar surface area (TPSA) is 65.0 Å². The quantitative estimate of drug-likeness (QED) is 0.171. The summed E-state index contributed by atoms with van der Waals surface area (Å²) in [6.07, 6.45) is 3.65. The molecule has 4 aromatic heterocycles. The molecule has 0 fully saturated rings. The standard InChI is InChI=1S/C51H31N3O2/c1-2-11-34(12-3-1)43-31-44(38-14-5-4-13-36(38)33-27-29-52-30-28-33)54-51(53-43)35-23-21-32(22-24-35)37-25-26-40(50-49(37)42-16-7-9-19-46(42)56-50)39-17-10-20-47-48(39)41-15-6-8-18-45(41)55-47/h1-31H. The molecule has 0 spiro atoms. The molecule has 0 N–H and O–H groups in total. The Morgan fingerprint density at radius 1 is 0.339 bits per heavy atom. The van der Waals surface area contributed by atoms with Gasteiger partial charge in [-0.3, -0.25) is 4.98 Å². The lowest BCUT2D eigenvalue weighted by Crippen LogP contribution is -1.97. The summed E-state index contributed by atoms with van der Waals surface area (Å²) >= 11 is 0. The molecule has 0 unspecified atom stereocenters. The number of pyridine rings is 1. The van der Waals surface area contributed by atoms with Crippen molar-refractivity contribution in [3.8, 4) is 67.3 Å². The maximum Gasteiger partial charge on any atom is 0.160 e. The molecule has 5 heteroatoms. The van der Waals surface area contributed by atoms with Crippen molar-refractivity contribution in [1.82, 2.24) is 15.0 Å². The van der Waals surface area contributed by atoms with Crippen LogP contribution in [0.25, 0.3) is 111 Å². The molecule has 7 aromatic carbocycles. The first-order chi connectivity index (χ1) is 27.8. The number of furan rings is 2. The van der Waals surface area contributed by atoms with E-state index in [1.807, 2.05) is 73.1 Å². The van der Waals surface area contributed by atoms with Crippen LogP contribution < -0.4 is 0 Å². The molecule has 0 atom stereocenters. The van der Waals surface area contributed by atoms with Gasteiger partial charge in [0.1, 0.15) is 22.3 Å². The van der Waals surface area contributed by atoms with Crippen molar-refractivity contribution in [2.45, 2.75) is 0 Å². The molecule has 11 aromatic rings. The summed E-state index contributed by atoms with van der Waals surface area (Å²) < 4.78 is 13.0. The van der Waals surface area contributed by atoms with Gasteiger partial charge in [-0.1, -0.05) is 133 Å². The van der Waals surface area contributed by atoms with E-state index in [4.69, 9.17) is 18.8 Å². The summed E-state index contributed by atoms with van der Waals surface area (Å²) in [5.74, 6) is 0.659. The largest absolute Gasteiger partial charge is 0.456 e. The van der Waals surface area contributed by atoms with E-state index in [0.717, 1.165) is 105 Å². The lowest BCUT2D eigenvalue weighted by Gasteiger charge is -2.13. The van der Waals surface area contributed by atoms with Crippen molar-refractivity contribution in [3.05, 3.63) is 188 Å². The van der Waals surface area contributed by atoms with Crippen LogP contribution in [0, 0.1) is 0 Å². The molecule has 11 rings (SSSR count). The zero-order valence-electron chi connectivity index (χ0n) is 30.1. The SMILES string of the molecule is c1ccc(-c2cc(-c3ccccc3-c3ccncc3)nc(-c3ccc(-c4ccc(-c5cccc6oc7ccccc7c56)c5oc6ccccc6c45)cc3)n2)cc1. The zero-order valence-corrected chi connectivity index (χ0v) is 30.1. The third kappa shape index (κ3) is 5.29. The van der Waals surface area contributed by atoms with E-state index < -0.39 is 0 Å². The first kappa shape index (κ1) is 31.9. The first-order valence-electron chi connectivity index (χ1n) is 18.7. The molecule has 0 aliphatic rings. The van der Waals surface area contributed by atoms with Crippen molar-refractivity contribution in [2.24, 2.45) is 0 Å². The molecule has 56 heavy (non-hydrogen) atoms. The fraction of sp³-hybridized carbons (Fsp3) is 0. The number of nitrogens with zero attached hydrogens (tertiary/aromatic N) is 3. The van der Waals surface area contributed by atoms with E-state index in [2.05, 4.69) is 120 Å². The van der Waals surface area contributed by atoms with Gasteiger partial charge >= 0.3 is 0 Å². The summed E-state index contributed by atoms with van der Waals surface area (Å²) in [5.41, 5.74) is 14.6. The highest BCUT2D eigenvalue weighted by Crippen LogP contribution is 2.45. The normalized spacial score (nSPS) is 11.6. The van der Waals surface area contributed by atoms with Crippen LogP contribution in [0.2, 0.25) is 0 Å². The van der Waals surface area contributed by atoms with Crippen LogP contribution in [0.4, 0.5) is 0 Å². The van der Waals surface area contributed by atoms with Crippen molar-refractivity contribution < 1.29 is 8.83 Å². The number of hydrogen-bond acceptors (Lipinski definition) is 5. The number of rotatable bonds is 6. The van der Waals surface area contributed by atoms with Crippen LogP contribution in [0.5, 0.6) is 0 Å². The lowest BCUT2D eigenvalue weighted by atomic mass is 9.92. The van der Waals surface area contributed by atoms with Gasteiger partial charge in [-0.25, -0.2) is 9.97 Å². The minimum Gasteiger partial charge on any atom is -0.456 e. The second-order valence-electron chi connectivity index (χ2n) is 13.9. The van der Waals surface area contributed by atoms with Gasteiger partial charge in [-0.2, -0.15) is 0 Å². The van der Waals surface area contributed by atoms with E-state index >= 15 is 0 Å². The van der Waals surface area contributed by atoms with Crippen LogP contribution in [0.15, 0.2) is 197 Å². The fourth-order valence-corrected chi connectivity index (χ4v) is 8.04. The maximum absolute atomic E-state index is 6.73. The van der Waals surface area contributed by atoms with Gasteiger partial charge in [0.15, 0.2) is 5.82 Å². The summed E-state index contributed by atoms with van der Waals surface area (Å²) in [4.78, 5) is 14.6. The monoisotopic (exact) mass is 717 g/mol. The first-order valence-corrected chi connectivity index (χ1v) is 18.7. The highest BCUT2D eigenvalue weighted by molar-refractivity contribution is 6.20. The maximum atomic E-state index is 6.73. The predicted molar refractivity (Wildman–Crippen MR) is 227 cm³/mol. The third-order valence-corrected chi connectivity index (χ3v) is 10.7. The van der Waals surface area contributed by atoms with Gasteiger partial charge in [0, 0.05) is 56.2 Å². The van der Waals surface area contributed by atoms with Crippen molar-refractivity contribution in [2.75, 3.05) is 0 Å². The van der Waals surface area contributed by atoms with E-state index in [1.165, 1.54) is 0 Å². The van der Waals surface area contributed by atoms with Gasteiger partial charge < -0.3 is 8.83 Å². The molecule has 0 saturated heterocycles. The van der Waals surface area contributed by atoms with Crippen molar-refractivity contribution in [1.29, 1.82) is 0 Å². The van der Waals surface area contributed by atoms with Gasteiger partial charge in [0.2, 0.25) is 0 Å². The molecular weight excluding hydrogens is 687 g/mol. The third-order valence-electron chi connectivity index (χ3n) is 10.7. The Morgan fingerprint density at radius 3 is 1.73 bits per heavy atom. The number of benzene rings is 7. The Morgan fingerprint density at radius 2 is 0.929 bits per heavy atom. The minimum atomic E-state index is 0.659. The molecule has 0 radical (unpaired) electrons. The number of fused-ring (bicyclic) bond motifs is 6. The smallest absolute Gasteiger partial charge is 0.160 e. The van der Waals surface area contributed by atoms with Crippen molar-refractivity contribution >= 4 is 43.9 Å². The Kier molecular flexibility index (Phi) is 7.42. The Bertz CT molecular complexity index is 3240. The zero-order chi connectivity index (χ0) is 37.0. The Balaban J connectivity index is 1.06. The minimum absolute atomic E-state index is 0.659. The van der Waals surface area contributed by atoms with Gasteiger partial charge in [-0.05, 0) is 70.3 Å². The summed E-state index contributed by atoms with van der Waals surface area (Å²) in [6, 6.07) is 60.5. The molecule has 4 heterocycles. The summed E-state index contributed by atoms with van der Waals surface area (Å²) in [7, 11) is 0. The highest BCUT2D eigenvalue weighted by atomic mass is 16.3. The number of hydrogen-bond donors (Lipinski definition) is 0. The van der Waals surface area contributed by atoms with E-state index in [-0.39, 0.29) is 0 Å². The Labute approximate surface area is 322 Å². The molecule has 5 nitrogen and oxygen atoms in total. The molecule has 262 valence electrons. The van der Waals surface area contributed by atoms with Gasteiger partial charge in [0.25, 0.3) is 0 Å². The van der Waals surface area contributed by atoms with Crippen LogP contribution >= 0.6 is 0 Å². The molecule has 0 amide bonds. The molecule has 0 aliphatic carbocycles. The second kappa shape index (κ2) is 13.0. The fourth-order valence-electron chi connectivity index (χ4n) is 8.04. The van der Waals surface area contributed by atoms with Gasteiger partial charge in [-0.15, -0.1) is 0 Å². The average Bonchev–Trinajstić information content (AvgIpc) is 3.86. The van der Waals surface area contributed by atoms with Crippen molar-refractivity contribution in [3.63, 3.8) is 0 Å². The Hall–Kier alpha value is -7.63. The van der Waals surface area contributed by atoms with Crippen LogP contribution in [0.3, 0.4) is 0 Å². The summed E-state index contributed by atoms with van der Waals surface area (Å²) in [5, 5.41) is 4.32. The lowest BCUT2D eigenvalue weighted by molar-refractivity contribution is 0.668. The molecule has 0 aliphatic heterocycles. The second-order valence-corrected chi connectivity index (χ2v) is 13.9. The summed E-state index contributed by atoms with van der Waals surface area (Å²) in [6.45, 7) is 0. The number of para-hydroxylation sites is 2. The van der Waals surface area contributed by atoms with E-state index in [1.54, 1.807) is 0 Å². The predicted octanol–water partition coefficient (Wildman–Crippen LogP) is 13.7. The van der Waals surface area contributed by atoms with Gasteiger partial charge in [0.05, 0.1) is 11.4 Å². The average molecular weight is 718 g/mol. The molecular formula is C51H31N3O2.